The molecule has 1 saturated carbocycles. The molecule has 3 unspecified atom stereocenters. The molecule has 13 heteroatoms. The minimum atomic E-state index is -0.317. The molecule has 2 aromatic carbocycles. The van der Waals surface area contributed by atoms with Gasteiger partial charge in [0.25, 0.3) is 0 Å². The summed E-state index contributed by atoms with van der Waals surface area (Å²) < 4.78 is 1.68. The van der Waals surface area contributed by atoms with E-state index in [1.807, 2.05) is 31.2 Å². The summed E-state index contributed by atoms with van der Waals surface area (Å²) in [5.41, 5.74) is 7.50. The second-order valence-electron chi connectivity index (χ2n) is 10.9. The Balaban J connectivity index is 0.000000339. The van der Waals surface area contributed by atoms with Gasteiger partial charge < -0.3 is 26.1 Å². The van der Waals surface area contributed by atoms with Gasteiger partial charge in [-0.3, -0.25) is 19.1 Å². The topological polar surface area (TPSA) is 176 Å². The molecule has 2 aliphatic rings. The molecule has 238 valence electrons. The summed E-state index contributed by atoms with van der Waals surface area (Å²) in [4.78, 5) is 51.5. The number of aromatic nitrogens is 3. The van der Waals surface area contributed by atoms with Gasteiger partial charge in [0, 0.05) is 24.2 Å². The number of anilines is 2. The van der Waals surface area contributed by atoms with Crippen LogP contribution in [0.5, 0.6) is 0 Å². The number of halogens is 1. The Morgan fingerprint density at radius 3 is 2.57 bits per heavy atom. The second kappa shape index (κ2) is 15.6. The number of amides is 3. The molecule has 3 amide bonds. The molecule has 3 atom stereocenters. The van der Waals surface area contributed by atoms with Crippen LogP contribution in [0.4, 0.5) is 11.5 Å². The van der Waals surface area contributed by atoms with E-state index in [-0.39, 0.29) is 49.2 Å². The van der Waals surface area contributed by atoms with Gasteiger partial charge in [-0.1, -0.05) is 35.9 Å². The Bertz CT molecular complexity index is 1770. The lowest BCUT2D eigenvalue weighted by atomic mass is 10.00. The molecule has 1 aliphatic heterocycles. The van der Waals surface area contributed by atoms with E-state index in [9.17, 15) is 19.6 Å². The minimum absolute atomic E-state index is 0.0779. The van der Waals surface area contributed by atoms with Crippen LogP contribution in [0.2, 0.25) is 5.15 Å². The van der Waals surface area contributed by atoms with Gasteiger partial charge in [0.15, 0.2) is 0 Å². The van der Waals surface area contributed by atoms with E-state index in [2.05, 4.69) is 32.5 Å². The number of nitrogens with one attached hydrogen (secondary N) is 2. The number of carbonyl (C=O) groups is 4. The first-order valence-electron chi connectivity index (χ1n) is 14.7. The Kier molecular flexibility index (Phi) is 11.4. The lowest BCUT2D eigenvalue weighted by Crippen LogP contribution is -2.47. The first kappa shape index (κ1) is 33.6. The molecule has 2 aromatic heterocycles. The maximum absolute atomic E-state index is 13.1. The van der Waals surface area contributed by atoms with Crippen LogP contribution in [0.1, 0.15) is 36.1 Å². The van der Waals surface area contributed by atoms with Crippen molar-refractivity contribution in [1.82, 2.24) is 19.7 Å². The second-order valence-corrected chi connectivity index (χ2v) is 11.2. The Labute approximate surface area is 271 Å². The zero-order valence-corrected chi connectivity index (χ0v) is 26.3. The fraction of sp³-hybridized carbons (Fsp3) is 0.303. The van der Waals surface area contributed by atoms with Gasteiger partial charge in [-0.2, -0.15) is 10.4 Å². The van der Waals surface area contributed by atoms with Crippen LogP contribution >= 0.6 is 11.6 Å². The fourth-order valence-corrected chi connectivity index (χ4v) is 6.19. The number of nitrogens with zero attached hydrogens (tertiary/aromatic N) is 5. The summed E-state index contributed by atoms with van der Waals surface area (Å²) in [6.07, 6.45) is 4.15. The number of nitrogens with two attached hydrogens (primary N) is 1. The Morgan fingerprint density at radius 2 is 1.89 bits per heavy atom. The third kappa shape index (κ3) is 7.86. The monoisotopic (exact) mass is 642 g/mol. The van der Waals surface area contributed by atoms with Crippen molar-refractivity contribution in [3.8, 4) is 6.07 Å². The Hall–Kier alpha value is -5.28. The standard InChI is InChI=1S/C26H25N5O3.C6H7ClN2.CH3NO/c1-16-22-12-20(28-25(33)11-17-4-2-3-5-19(17)13-27)7-9-23(22)30(29-16)14-26(34)31-21-8-6-18(10-21)24(31)15-32;1-8-6-4-2-3-5(7)9-6;2-1-3/h2-5,7,9,12,15,18,21,24H,6,8,10-11,14H2,1H3,(H,28,33);2-4H,1H3,(H,8,9);1H,(H2,2,3). The van der Waals surface area contributed by atoms with Crippen LogP contribution < -0.4 is 16.4 Å². The van der Waals surface area contributed by atoms with Gasteiger partial charge in [-0.15, -0.1) is 0 Å². The summed E-state index contributed by atoms with van der Waals surface area (Å²) >= 11 is 5.57. The summed E-state index contributed by atoms with van der Waals surface area (Å²) in [6.45, 7) is 1.94. The maximum atomic E-state index is 13.1. The molecule has 12 nitrogen and oxygen atoms in total. The smallest absolute Gasteiger partial charge is 0.245 e. The highest BCUT2D eigenvalue weighted by Crippen LogP contribution is 2.41. The molecular weight excluding hydrogens is 608 g/mol. The van der Waals surface area contributed by atoms with E-state index in [0.29, 0.717) is 22.0 Å². The molecule has 2 fully saturated rings. The lowest BCUT2D eigenvalue weighted by Gasteiger charge is -2.32. The average molecular weight is 643 g/mol. The summed E-state index contributed by atoms with van der Waals surface area (Å²) in [5.74, 6) is 0.782. The summed E-state index contributed by atoms with van der Waals surface area (Å²) in [7, 11) is 1.80. The molecule has 1 saturated heterocycles. The molecule has 4 N–H and O–H groups in total. The molecule has 0 radical (unpaired) electrons. The van der Waals surface area contributed by atoms with E-state index >= 15 is 0 Å². The number of primary amides is 1. The minimum Gasteiger partial charge on any atom is -0.373 e. The lowest BCUT2D eigenvalue weighted by molar-refractivity contribution is -0.139. The SMILES string of the molecule is CNc1cccc(Cl)n1.Cc1nn(CC(=O)N2C3CCC(C3)C2C=O)c2ccc(NC(=O)Cc3ccccc3C#N)cc12.NC=O. The van der Waals surface area contributed by atoms with Crippen LogP contribution in [-0.4, -0.2) is 63.3 Å². The number of likely N-dealkylation sites (tertiary alicyclic amines) is 1. The van der Waals surface area contributed by atoms with Crippen LogP contribution in [0.3, 0.4) is 0 Å². The number of carbonyl (C=O) groups excluding carboxylic acids is 4. The molecule has 3 heterocycles. The summed E-state index contributed by atoms with van der Waals surface area (Å²) in [6, 6.07) is 19.9. The maximum Gasteiger partial charge on any atom is 0.245 e. The van der Waals surface area contributed by atoms with Crippen molar-refractivity contribution >= 4 is 58.5 Å². The van der Waals surface area contributed by atoms with Crippen molar-refractivity contribution in [2.45, 2.75) is 51.2 Å². The predicted octanol–water partition coefficient (Wildman–Crippen LogP) is 3.85. The molecule has 2 bridgehead atoms. The highest BCUT2D eigenvalue weighted by molar-refractivity contribution is 6.29. The van der Waals surface area contributed by atoms with E-state index < -0.39 is 0 Å². The number of benzene rings is 2. The van der Waals surface area contributed by atoms with Crippen molar-refractivity contribution in [1.29, 1.82) is 5.26 Å². The average Bonchev–Trinajstić information content (AvgIpc) is 3.75. The van der Waals surface area contributed by atoms with E-state index in [4.69, 9.17) is 16.4 Å². The van der Waals surface area contributed by atoms with E-state index in [1.54, 1.807) is 53.0 Å². The third-order valence-corrected chi connectivity index (χ3v) is 8.24. The van der Waals surface area contributed by atoms with Gasteiger partial charge in [-0.25, -0.2) is 4.98 Å². The van der Waals surface area contributed by atoms with E-state index in [1.165, 1.54) is 0 Å². The molecule has 46 heavy (non-hydrogen) atoms. The molecule has 6 rings (SSSR count). The number of nitriles is 1. The number of rotatable bonds is 7. The van der Waals surface area contributed by atoms with Crippen LogP contribution in [-0.2, 0) is 32.1 Å². The zero-order valence-electron chi connectivity index (χ0n) is 25.5. The van der Waals surface area contributed by atoms with Gasteiger partial charge >= 0.3 is 0 Å². The van der Waals surface area contributed by atoms with Crippen molar-refractivity contribution in [3.63, 3.8) is 0 Å². The molecule has 0 spiro atoms. The summed E-state index contributed by atoms with van der Waals surface area (Å²) in [5, 5.41) is 20.9. The quantitative estimate of drug-likeness (QED) is 0.201. The van der Waals surface area contributed by atoms with Gasteiger partial charge in [0.2, 0.25) is 18.2 Å². The first-order valence-corrected chi connectivity index (χ1v) is 15.1. The normalized spacial score (nSPS) is 17.5. The van der Waals surface area contributed by atoms with Gasteiger partial charge in [0.1, 0.15) is 23.8 Å². The zero-order chi connectivity index (χ0) is 33.2. The van der Waals surface area contributed by atoms with Gasteiger partial charge in [-0.05, 0) is 74.1 Å². The first-order chi connectivity index (χ1) is 22.2. The highest BCUT2D eigenvalue weighted by atomic mass is 35.5. The largest absolute Gasteiger partial charge is 0.373 e. The van der Waals surface area contributed by atoms with Crippen molar-refractivity contribution in [2.75, 3.05) is 17.7 Å². The van der Waals surface area contributed by atoms with Crippen molar-refractivity contribution in [3.05, 3.63) is 82.6 Å². The van der Waals surface area contributed by atoms with Crippen LogP contribution in [0.15, 0.2) is 60.7 Å². The van der Waals surface area contributed by atoms with E-state index in [0.717, 1.165) is 48.0 Å². The number of piperidine rings is 1. The number of aryl methyl sites for hydroxylation is 1. The van der Waals surface area contributed by atoms with Crippen LogP contribution in [0.25, 0.3) is 10.9 Å². The number of hydrogen-bond donors (Lipinski definition) is 3. The predicted molar refractivity (Wildman–Crippen MR) is 175 cm³/mol. The molecular formula is C33H35ClN8O4. The number of pyridine rings is 1. The van der Waals surface area contributed by atoms with Gasteiger partial charge in [0.05, 0.1) is 35.3 Å². The molecule has 1 aliphatic carbocycles. The van der Waals surface area contributed by atoms with Crippen LogP contribution in [0, 0.1) is 24.2 Å². The highest BCUT2D eigenvalue weighted by Gasteiger charge is 2.47. The number of hydrogen-bond acceptors (Lipinski definition) is 8. The number of aldehydes is 1. The van der Waals surface area contributed by atoms with Crippen molar-refractivity contribution < 1.29 is 19.2 Å². The molecule has 4 aromatic rings. The Morgan fingerprint density at radius 1 is 1.13 bits per heavy atom. The van der Waals surface area contributed by atoms with Crippen molar-refractivity contribution in [2.24, 2.45) is 11.7 Å². The number of fused-ring (bicyclic) bond motifs is 3. The fourth-order valence-electron chi connectivity index (χ4n) is 6.03. The third-order valence-electron chi connectivity index (χ3n) is 8.03.